The third kappa shape index (κ3) is 4.82. The maximum Gasteiger partial charge on any atom is 0.250 e. The molecule has 0 aliphatic carbocycles. The van der Waals surface area contributed by atoms with E-state index in [0.717, 1.165) is 10.4 Å². The second-order valence-electron chi connectivity index (χ2n) is 5.17. The van der Waals surface area contributed by atoms with Gasteiger partial charge < -0.3 is 10.2 Å². The number of thiophene rings is 1. The molecule has 0 atom stereocenters. The molecule has 5 nitrogen and oxygen atoms in total. The maximum absolute atomic E-state index is 12.2. The van der Waals surface area contributed by atoms with Crippen molar-refractivity contribution >= 4 is 21.4 Å². The first kappa shape index (κ1) is 17.6. The largest absolute Gasteiger partial charge is 0.315 e. The molecule has 0 fully saturated rings. The van der Waals surface area contributed by atoms with Gasteiger partial charge in [-0.15, -0.1) is 11.3 Å². The van der Waals surface area contributed by atoms with Crippen molar-refractivity contribution in [2.45, 2.75) is 37.6 Å². The van der Waals surface area contributed by atoms with Crippen LogP contribution in [0.25, 0.3) is 0 Å². The molecule has 1 heterocycles. The van der Waals surface area contributed by atoms with Crippen LogP contribution in [0, 0.1) is 6.92 Å². The highest BCUT2D eigenvalue weighted by Crippen LogP contribution is 2.25. The van der Waals surface area contributed by atoms with Crippen molar-refractivity contribution in [3.8, 4) is 0 Å². The molecule has 7 heteroatoms. The van der Waals surface area contributed by atoms with Crippen LogP contribution < -0.4 is 10.0 Å². The summed E-state index contributed by atoms with van der Waals surface area (Å²) >= 11 is 1.33. The molecule has 0 aliphatic heterocycles. The fraction of sp³-hybridized carbons (Fsp3) is 0.692. The summed E-state index contributed by atoms with van der Waals surface area (Å²) in [4.78, 5) is 3.17. The van der Waals surface area contributed by atoms with E-state index in [1.807, 2.05) is 21.0 Å². The van der Waals surface area contributed by atoms with Gasteiger partial charge in [-0.1, -0.05) is 0 Å². The zero-order chi connectivity index (χ0) is 15.3. The number of nitrogens with zero attached hydrogens (tertiary/aromatic N) is 1. The van der Waals surface area contributed by atoms with Gasteiger partial charge in [-0.05, 0) is 46.5 Å². The quantitative estimate of drug-likeness (QED) is 0.760. The second kappa shape index (κ2) is 7.51. The van der Waals surface area contributed by atoms with Gasteiger partial charge in [0, 0.05) is 30.6 Å². The minimum absolute atomic E-state index is 0.396. The van der Waals surface area contributed by atoms with E-state index in [1.165, 1.54) is 11.3 Å². The molecule has 2 N–H and O–H groups in total. The van der Waals surface area contributed by atoms with Gasteiger partial charge in [0.1, 0.15) is 4.21 Å². The summed E-state index contributed by atoms with van der Waals surface area (Å²) in [7, 11) is 0.452. The summed E-state index contributed by atoms with van der Waals surface area (Å²) in [6.45, 7) is 7.93. The van der Waals surface area contributed by atoms with Crippen molar-refractivity contribution in [2.24, 2.45) is 0 Å². The van der Waals surface area contributed by atoms with E-state index in [1.54, 1.807) is 6.07 Å². The molecule has 0 aromatic carbocycles. The molecule has 0 radical (unpaired) electrons. The summed E-state index contributed by atoms with van der Waals surface area (Å²) in [5.41, 5.74) is 1.02. The molecule has 0 saturated carbocycles. The first-order chi connectivity index (χ1) is 9.27. The summed E-state index contributed by atoms with van der Waals surface area (Å²) in [5.74, 6) is 0. The Morgan fingerprint density at radius 3 is 2.60 bits per heavy atom. The zero-order valence-corrected chi connectivity index (χ0v) is 14.5. The predicted octanol–water partition coefficient (Wildman–Crippen LogP) is 1.39. The summed E-state index contributed by atoms with van der Waals surface area (Å²) in [6.07, 6.45) is 0. The molecule has 1 rings (SSSR count). The number of sulfonamides is 1. The van der Waals surface area contributed by atoms with E-state index < -0.39 is 10.0 Å². The van der Waals surface area contributed by atoms with Gasteiger partial charge in [0.25, 0.3) is 0 Å². The smallest absolute Gasteiger partial charge is 0.250 e. The topological polar surface area (TPSA) is 61.4 Å². The summed E-state index contributed by atoms with van der Waals surface area (Å²) in [6, 6.07) is 2.15. The summed E-state index contributed by atoms with van der Waals surface area (Å²) in [5, 5.41) is 3.05. The third-order valence-electron chi connectivity index (χ3n) is 3.24. The highest BCUT2D eigenvalue weighted by Gasteiger charge is 2.18. The fourth-order valence-corrected chi connectivity index (χ4v) is 4.31. The highest BCUT2D eigenvalue weighted by atomic mass is 32.2. The van der Waals surface area contributed by atoms with Crippen LogP contribution in [0.2, 0.25) is 0 Å². The van der Waals surface area contributed by atoms with Crippen LogP contribution in [0.1, 0.15) is 24.3 Å². The van der Waals surface area contributed by atoms with E-state index in [-0.39, 0.29) is 0 Å². The van der Waals surface area contributed by atoms with Gasteiger partial charge in [0.05, 0.1) is 0 Å². The van der Waals surface area contributed by atoms with Gasteiger partial charge in [0.15, 0.2) is 0 Å². The first-order valence-corrected chi connectivity index (χ1v) is 9.01. The van der Waals surface area contributed by atoms with Crippen LogP contribution in [0.5, 0.6) is 0 Å². The fourth-order valence-electron chi connectivity index (χ4n) is 1.64. The van der Waals surface area contributed by atoms with Crippen molar-refractivity contribution in [2.75, 3.05) is 27.2 Å². The van der Waals surface area contributed by atoms with E-state index in [9.17, 15) is 8.42 Å². The van der Waals surface area contributed by atoms with Crippen molar-refractivity contribution in [3.63, 3.8) is 0 Å². The zero-order valence-electron chi connectivity index (χ0n) is 12.9. The molecule has 1 aromatic heterocycles. The number of hydrogen-bond donors (Lipinski definition) is 2. The van der Waals surface area contributed by atoms with Gasteiger partial charge >= 0.3 is 0 Å². The van der Waals surface area contributed by atoms with Gasteiger partial charge in [-0.3, -0.25) is 0 Å². The Bertz CT molecular complexity index is 524. The highest BCUT2D eigenvalue weighted by molar-refractivity contribution is 7.91. The Morgan fingerprint density at radius 1 is 1.40 bits per heavy atom. The molecular weight excluding hydrogens is 294 g/mol. The lowest BCUT2D eigenvalue weighted by Gasteiger charge is -2.20. The van der Waals surface area contributed by atoms with Crippen molar-refractivity contribution in [1.29, 1.82) is 0 Å². The van der Waals surface area contributed by atoms with E-state index in [0.29, 0.717) is 29.9 Å². The first-order valence-electron chi connectivity index (χ1n) is 6.71. The number of aryl methyl sites for hydroxylation is 1. The molecule has 20 heavy (non-hydrogen) atoms. The predicted molar refractivity (Wildman–Crippen MR) is 84.8 cm³/mol. The molecule has 0 amide bonds. The third-order valence-corrected chi connectivity index (χ3v) is 6.41. The Labute approximate surface area is 126 Å². The lowest BCUT2D eigenvalue weighted by molar-refractivity contribution is 0.278. The van der Waals surface area contributed by atoms with Crippen LogP contribution in [0.15, 0.2) is 10.3 Å². The van der Waals surface area contributed by atoms with Crippen molar-refractivity contribution < 1.29 is 8.42 Å². The molecule has 0 unspecified atom stereocenters. The Morgan fingerprint density at radius 2 is 2.05 bits per heavy atom. The van der Waals surface area contributed by atoms with Crippen LogP contribution in [0.4, 0.5) is 0 Å². The molecule has 0 aliphatic rings. The minimum Gasteiger partial charge on any atom is -0.315 e. The van der Waals surface area contributed by atoms with Crippen LogP contribution >= 0.6 is 11.3 Å². The van der Waals surface area contributed by atoms with Crippen LogP contribution in [-0.4, -0.2) is 46.5 Å². The van der Waals surface area contributed by atoms with E-state index in [2.05, 4.69) is 28.8 Å². The van der Waals surface area contributed by atoms with Gasteiger partial charge in [0.2, 0.25) is 10.0 Å². The molecule has 0 spiro atoms. The number of hydrogen-bond acceptors (Lipinski definition) is 5. The number of rotatable bonds is 8. The standard InChI is InChI=1S/C13H25N3O2S2/c1-10(2)16(5)7-6-15-20(17,18)13-8-11(3)12(19-13)9-14-4/h8,10,14-15H,6-7,9H2,1-5H3. The Balaban J connectivity index is 2.67. The van der Waals surface area contributed by atoms with Crippen LogP contribution in [0.3, 0.4) is 0 Å². The lowest BCUT2D eigenvalue weighted by Crippen LogP contribution is -2.35. The molecule has 0 saturated heterocycles. The van der Waals surface area contributed by atoms with Gasteiger partial charge in [-0.25, -0.2) is 13.1 Å². The normalized spacial score (nSPS) is 12.6. The maximum atomic E-state index is 12.2. The Hall–Kier alpha value is -0.470. The van der Waals surface area contributed by atoms with E-state index >= 15 is 0 Å². The summed E-state index contributed by atoms with van der Waals surface area (Å²) < 4.78 is 27.5. The average Bonchev–Trinajstić information content (AvgIpc) is 2.72. The lowest BCUT2D eigenvalue weighted by atomic mass is 10.3. The Kier molecular flexibility index (Phi) is 6.60. The molecule has 0 bridgehead atoms. The second-order valence-corrected chi connectivity index (χ2v) is 8.30. The SMILES string of the molecule is CNCc1sc(S(=O)(=O)NCCN(C)C(C)C)cc1C. The monoisotopic (exact) mass is 319 g/mol. The number of likely N-dealkylation sites (N-methyl/N-ethyl adjacent to an activating group) is 1. The van der Waals surface area contributed by atoms with Gasteiger partial charge in [-0.2, -0.15) is 0 Å². The van der Waals surface area contributed by atoms with Crippen molar-refractivity contribution in [1.82, 2.24) is 14.9 Å². The van der Waals surface area contributed by atoms with E-state index in [4.69, 9.17) is 0 Å². The average molecular weight is 319 g/mol. The van der Waals surface area contributed by atoms with Crippen molar-refractivity contribution in [3.05, 3.63) is 16.5 Å². The van der Waals surface area contributed by atoms with Crippen LogP contribution in [-0.2, 0) is 16.6 Å². The molecular formula is C13H25N3O2S2. The molecule has 1 aromatic rings. The minimum atomic E-state index is -3.39. The molecule has 116 valence electrons. The number of nitrogens with one attached hydrogen (secondary N) is 2.